The zero-order valence-corrected chi connectivity index (χ0v) is 21.8. The Labute approximate surface area is 209 Å². The quantitative estimate of drug-likeness (QED) is 0.475. The molecular weight excluding hydrogens is 454 g/mol. The Morgan fingerprint density at radius 3 is 2.00 bits per heavy atom. The van der Waals surface area contributed by atoms with Crippen LogP contribution in [0.5, 0.6) is 0 Å². The van der Waals surface area contributed by atoms with Gasteiger partial charge < -0.3 is 13.9 Å². The first-order chi connectivity index (χ1) is 16.9. The van der Waals surface area contributed by atoms with Crippen molar-refractivity contribution in [2.75, 3.05) is 6.61 Å². The van der Waals surface area contributed by atoms with Gasteiger partial charge in [-0.1, -0.05) is 112 Å². The molecule has 0 saturated carbocycles. The van der Waals surface area contributed by atoms with Crippen molar-refractivity contribution in [2.24, 2.45) is 0 Å². The van der Waals surface area contributed by atoms with Crippen LogP contribution in [0.25, 0.3) is 0 Å². The molecule has 3 aromatic carbocycles. The maximum absolute atomic E-state index is 12.7. The highest BCUT2D eigenvalue weighted by Crippen LogP contribution is 2.38. The van der Waals surface area contributed by atoms with Crippen LogP contribution >= 0.6 is 0 Å². The van der Waals surface area contributed by atoms with Crippen LogP contribution in [0.1, 0.15) is 39.2 Å². The van der Waals surface area contributed by atoms with Crippen molar-refractivity contribution in [3.05, 3.63) is 96.6 Å². The summed E-state index contributed by atoms with van der Waals surface area (Å²) in [6.45, 7) is 7.53. The Hall–Kier alpha value is -2.93. The fourth-order valence-electron chi connectivity index (χ4n) is 4.81. The highest BCUT2D eigenvalue weighted by atomic mass is 28.4. The molecule has 0 unspecified atom stereocenters. The molecule has 35 heavy (non-hydrogen) atoms. The van der Waals surface area contributed by atoms with Gasteiger partial charge >= 0.3 is 6.09 Å². The van der Waals surface area contributed by atoms with E-state index in [1.807, 2.05) is 42.5 Å². The predicted octanol–water partition coefficient (Wildman–Crippen LogP) is 4.99. The molecule has 1 aliphatic heterocycles. The minimum Gasteiger partial charge on any atom is -0.445 e. The maximum atomic E-state index is 12.7. The third kappa shape index (κ3) is 5.84. The topological polar surface area (TPSA) is 56.8 Å². The van der Waals surface area contributed by atoms with E-state index >= 15 is 0 Å². The van der Waals surface area contributed by atoms with E-state index < -0.39 is 20.6 Å². The van der Waals surface area contributed by atoms with Crippen molar-refractivity contribution < 1.29 is 18.7 Å². The standard InChI is InChI=1S/C29H35NO4Si/c1-29(2,3)35(24-16-9-5-10-17-24,25-18-11-6-12-19-25)34-26-20-13-21-32-27(26)30-28(31)33-22-23-14-7-4-8-15-23/h4-12,14-19,26-27H,13,20-22H2,1-3H3,(H,30,31)/t26-,27+/m1/s1. The first kappa shape index (κ1) is 25.2. The van der Waals surface area contributed by atoms with E-state index in [4.69, 9.17) is 13.9 Å². The summed E-state index contributed by atoms with van der Waals surface area (Å²) in [5, 5.41) is 5.18. The van der Waals surface area contributed by atoms with Gasteiger partial charge in [-0.3, -0.25) is 5.32 Å². The number of hydrogen-bond donors (Lipinski definition) is 1. The molecule has 0 radical (unpaired) electrons. The lowest BCUT2D eigenvalue weighted by Gasteiger charge is -2.47. The lowest BCUT2D eigenvalue weighted by molar-refractivity contribution is -0.0803. The monoisotopic (exact) mass is 489 g/mol. The average Bonchev–Trinajstić information content (AvgIpc) is 2.88. The molecule has 5 nitrogen and oxygen atoms in total. The minimum atomic E-state index is -2.77. The SMILES string of the molecule is CC(C)(C)[Si](O[C@@H]1CCCO[C@@H]1NC(=O)OCc1ccccc1)(c1ccccc1)c1ccccc1. The third-order valence-electron chi connectivity index (χ3n) is 6.49. The molecule has 4 rings (SSSR count). The molecule has 1 fully saturated rings. The summed E-state index contributed by atoms with van der Waals surface area (Å²) in [5.41, 5.74) is 0.937. The van der Waals surface area contributed by atoms with Crippen molar-refractivity contribution in [3.8, 4) is 0 Å². The van der Waals surface area contributed by atoms with Gasteiger partial charge in [-0.2, -0.15) is 0 Å². The molecule has 0 aliphatic carbocycles. The summed E-state index contributed by atoms with van der Waals surface area (Å²) >= 11 is 0. The van der Waals surface area contributed by atoms with Crippen LogP contribution in [0.3, 0.4) is 0 Å². The number of amides is 1. The predicted molar refractivity (Wildman–Crippen MR) is 141 cm³/mol. The molecule has 184 valence electrons. The maximum Gasteiger partial charge on any atom is 0.409 e. The zero-order chi connectivity index (χ0) is 24.7. The Kier molecular flexibility index (Phi) is 8.06. The molecule has 2 atom stereocenters. The summed E-state index contributed by atoms with van der Waals surface area (Å²) in [6.07, 6.45) is 0.304. The van der Waals surface area contributed by atoms with E-state index in [0.29, 0.717) is 6.61 Å². The van der Waals surface area contributed by atoms with Crippen LogP contribution < -0.4 is 15.7 Å². The average molecular weight is 490 g/mol. The minimum absolute atomic E-state index is 0.161. The van der Waals surface area contributed by atoms with Gasteiger partial charge in [0.15, 0.2) is 6.23 Å². The van der Waals surface area contributed by atoms with E-state index in [0.717, 1.165) is 18.4 Å². The normalized spacial score (nSPS) is 18.6. The van der Waals surface area contributed by atoms with Crippen molar-refractivity contribution in [1.29, 1.82) is 0 Å². The van der Waals surface area contributed by atoms with Crippen molar-refractivity contribution >= 4 is 24.8 Å². The van der Waals surface area contributed by atoms with Crippen molar-refractivity contribution in [3.63, 3.8) is 0 Å². The molecule has 1 N–H and O–H groups in total. The second-order valence-corrected chi connectivity index (χ2v) is 14.2. The van der Waals surface area contributed by atoms with Gasteiger partial charge in [-0.05, 0) is 33.8 Å². The zero-order valence-electron chi connectivity index (χ0n) is 20.8. The van der Waals surface area contributed by atoms with Crippen molar-refractivity contribution in [1.82, 2.24) is 5.32 Å². The fourth-order valence-corrected chi connectivity index (χ4v) is 9.52. The Morgan fingerprint density at radius 2 is 1.46 bits per heavy atom. The Balaban J connectivity index is 1.60. The third-order valence-corrected chi connectivity index (χ3v) is 11.5. The van der Waals surface area contributed by atoms with Gasteiger partial charge in [0.05, 0.1) is 6.10 Å². The molecule has 0 bridgehead atoms. The first-order valence-corrected chi connectivity index (χ1v) is 14.2. The largest absolute Gasteiger partial charge is 0.445 e. The first-order valence-electron chi connectivity index (χ1n) is 12.3. The van der Waals surface area contributed by atoms with E-state index in [-0.39, 0.29) is 17.7 Å². The van der Waals surface area contributed by atoms with Crippen LogP contribution in [0, 0.1) is 0 Å². The highest BCUT2D eigenvalue weighted by molar-refractivity contribution is 6.99. The molecule has 3 aromatic rings. The second kappa shape index (κ2) is 11.2. The lowest BCUT2D eigenvalue weighted by Crippen LogP contribution is -2.69. The summed E-state index contributed by atoms with van der Waals surface area (Å²) in [7, 11) is -2.77. The molecule has 1 heterocycles. The number of hydrogen-bond acceptors (Lipinski definition) is 4. The molecule has 1 saturated heterocycles. The van der Waals surface area contributed by atoms with Gasteiger partial charge in [-0.25, -0.2) is 4.79 Å². The van der Waals surface area contributed by atoms with E-state index in [1.165, 1.54) is 10.4 Å². The van der Waals surface area contributed by atoms with Gasteiger partial charge in [0.1, 0.15) is 6.61 Å². The van der Waals surface area contributed by atoms with E-state index in [2.05, 4.69) is 74.6 Å². The summed E-state index contributed by atoms with van der Waals surface area (Å²) < 4.78 is 18.7. The Morgan fingerprint density at radius 1 is 0.914 bits per heavy atom. The van der Waals surface area contributed by atoms with E-state index in [1.54, 1.807) is 0 Å². The number of nitrogens with one attached hydrogen (secondary N) is 1. The number of carbonyl (C=O) groups is 1. The number of rotatable bonds is 7. The Bertz CT molecular complexity index is 1030. The number of carbonyl (C=O) groups excluding carboxylic acids is 1. The molecule has 1 aliphatic rings. The van der Waals surface area contributed by atoms with Gasteiger partial charge in [0.2, 0.25) is 0 Å². The molecule has 1 amide bonds. The van der Waals surface area contributed by atoms with Crippen LogP contribution in [-0.2, 0) is 20.5 Å². The summed E-state index contributed by atoms with van der Waals surface area (Å²) in [4.78, 5) is 12.7. The molecule has 6 heteroatoms. The summed E-state index contributed by atoms with van der Waals surface area (Å²) in [5.74, 6) is 0. The summed E-state index contributed by atoms with van der Waals surface area (Å²) in [6, 6.07) is 30.7. The number of ether oxygens (including phenoxy) is 2. The van der Waals surface area contributed by atoms with Crippen LogP contribution in [0.2, 0.25) is 5.04 Å². The van der Waals surface area contributed by atoms with Crippen molar-refractivity contribution in [2.45, 2.75) is 57.6 Å². The molecule has 0 aromatic heterocycles. The van der Waals surface area contributed by atoms with Crippen LogP contribution in [0.15, 0.2) is 91.0 Å². The van der Waals surface area contributed by atoms with Gasteiger partial charge in [0, 0.05) is 6.61 Å². The second-order valence-electron chi connectivity index (χ2n) is 9.96. The van der Waals surface area contributed by atoms with Crippen LogP contribution in [-0.4, -0.2) is 33.3 Å². The number of benzene rings is 3. The van der Waals surface area contributed by atoms with Gasteiger partial charge in [0.25, 0.3) is 8.32 Å². The van der Waals surface area contributed by atoms with Gasteiger partial charge in [-0.15, -0.1) is 0 Å². The number of alkyl carbamates (subject to hydrolysis) is 1. The van der Waals surface area contributed by atoms with E-state index in [9.17, 15) is 4.79 Å². The lowest BCUT2D eigenvalue weighted by atomic mass is 10.1. The fraction of sp³-hybridized carbons (Fsp3) is 0.345. The molecule has 0 spiro atoms. The van der Waals surface area contributed by atoms with Crippen LogP contribution in [0.4, 0.5) is 4.79 Å². The highest BCUT2D eigenvalue weighted by Gasteiger charge is 2.52. The molecular formula is C29H35NO4Si. The smallest absolute Gasteiger partial charge is 0.409 e.